The zero-order chi connectivity index (χ0) is 14.0. The minimum Gasteiger partial charge on any atom is -0.444 e. The summed E-state index contributed by atoms with van der Waals surface area (Å²) in [7, 11) is 0. The third kappa shape index (κ3) is 3.60. The Kier molecular flexibility index (Phi) is 4.00. The summed E-state index contributed by atoms with van der Waals surface area (Å²) in [5, 5.41) is 8.78. The van der Waals surface area contributed by atoms with Crippen molar-refractivity contribution in [1.29, 1.82) is 5.26 Å². The maximum Gasteiger partial charge on any atom is 0.410 e. The van der Waals surface area contributed by atoms with E-state index in [0.717, 1.165) is 39.0 Å². The van der Waals surface area contributed by atoms with Gasteiger partial charge in [0.05, 0.1) is 12.0 Å². The van der Waals surface area contributed by atoms with Crippen LogP contribution in [0.4, 0.5) is 4.79 Å². The van der Waals surface area contributed by atoms with Gasteiger partial charge in [0.25, 0.3) is 0 Å². The zero-order valence-electron chi connectivity index (χ0n) is 12.1. The number of amides is 1. The van der Waals surface area contributed by atoms with Crippen molar-refractivity contribution in [3.8, 4) is 6.07 Å². The van der Waals surface area contributed by atoms with Gasteiger partial charge in [-0.1, -0.05) is 0 Å². The minimum absolute atomic E-state index is 0.204. The summed E-state index contributed by atoms with van der Waals surface area (Å²) in [6, 6.07) is 2.83. The van der Waals surface area contributed by atoms with Crippen LogP contribution < -0.4 is 0 Å². The van der Waals surface area contributed by atoms with Gasteiger partial charge in [-0.3, -0.25) is 4.90 Å². The zero-order valence-corrected chi connectivity index (χ0v) is 12.1. The number of hydrogen-bond donors (Lipinski definition) is 0. The second kappa shape index (κ2) is 5.38. The lowest BCUT2D eigenvalue weighted by Gasteiger charge is -2.45. The third-order valence-electron chi connectivity index (χ3n) is 3.72. The van der Waals surface area contributed by atoms with Gasteiger partial charge < -0.3 is 9.64 Å². The standard InChI is InChI=1S/C14H23N3O2/c1-14(2,3)19-13(18)16-6-4-12(5-7-16)17-9-11(8-15)10-17/h11-12H,4-7,9-10H2,1-3H3. The Morgan fingerprint density at radius 1 is 1.26 bits per heavy atom. The molecule has 0 spiro atoms. The Bertz CT molecular complexity index is 369. The highest BCUT2D eigenvalue weighted by Gasteiger charge is 2.35. The fourth-order valence-corrected chi connectivity index (χ4v) is 2.63. The van der Waals surface area contributed by atoms with Gasteiger partial charge >= 0.3 is 6.09 Å². The molecule has 0 aromatic rings. The van der Waals surface area contributed by atoms with Crippen molar-refractivity contribution >= 4 is 6.09 Å². The molecule has 0 aliphatic carbocycles. The summed E-state index contributed by atoms with van der Waals surface area (Å²) < 4.78 is 5.38. The molecule has 2 rings (SSSR count). The van der Waals surface area contributed by atoms with Crippen LogP contribution in [0.1, 0.15) is 33.6 Å². The van der Waals surface area contributed by atoms with Crippen molar-refractivity contribution in [3.63, 3.8) is 0 Å². The van der Waals surface area contributed by atoms with Crippen molar-refractivity contribution in [2.45, 2.75) is 45.3 Å². The molecule has 0 atom stereocenters. The molecule has 2 aliphatic heterocycles. The molecule has 0 radical (unpaired) electrons. The summed E-state index contributed by atoms with van der Waals surface area (Å²) in [6.07, 6.45) is 1.76. The van der Waals surface area contributed by atoms with E-state index >= 15 is 0 Å². The van der Waals surface area contributed by atoms with Gasteiger partial charge in [-0.2, -0.15) is 5.26 Å². The molecular formula is C14H23N3O2. The fraction of sp³-hybridized carbons (Fsp3) is 0.857. The largest absolute Gasteiger partial charge is 0.444 e. The Labute approximate surface area is 115 Å². The first-order valence-electron chi connectivity index (χ1n) is 7.00. The van der Waals surface area contributed by atoms with E-state index in [4.69, 9.17) is 10.00 Å². The Hall–Kier alpha value is -1.28. The SMILES string of the molecule is CC(C)(C)OC(=O)N1CCC(N2CC(C#N)C2)CC1. The lowest BCUT2D eigenvalue weighted by Crippen LogP contribution is -2.55. The summed E-state index contributed by atoms with van der Waals surface area (Å²) in [5.74, 6) is 0.212. The van der Waals surface area contributed by atoms with Gasteiger partial charge in [0.1, 0.15) is 5.60 Å². The molecule has 0 saturated carbocycles. The highest BCUT2D eigenvalue weighted by Crippen LogP contribution is 2.25. The molecule has 0 aromatic carbocycles. The van der Waals surface area contributed by atoms with Crippen molar-refractivity contribution in [2.75, 3.05) is 26.2 Å². The predicted octanol–water partition coefficient (Wildman–Crippen LogP) is 1.84. The Morgan fingerprint density at radius 2 is 1.84 bits per heavy atom. The van der Waals surface area contributed by atoms with E-state index in [1.165, 1.54) is 0 Å². The topological polar surface area (TPSA) is 56.6 Å². The van der Waals surface area contributed by atoms with Crippen molar-refractivity contribution in [3.05, 3.63) is 0 Å². The van der Waals surface area contributed by atoms with Crippen LogP contribution in [0, 0.1) is 17.2 Å². The summed E-state index contributed by atoms with van der Waals surface area (Å²) in [6.45, 7) is 8.97. The summed E-state index contributed by atoms with van der Waals surface area (Å²) >= 11 is 0. The van der Waals surface area contributed by atoms with E-state index < -0.39 is 5.60 Å². The van der Waals surface area contributed by atoms with E-state index in [2.05, 4.69) is 11.0 Å². The van der Waals surface area contributed by atoms with Crippen LogP contribution in [0.2, 0.25) is 0 Å². The molecule has 5 nitrogen and oxygen atoms in total. The molecule has 0 aromatic heterocycles. The minimum atomic E-state index is -0.425. The van der Waals surface area contributed by atoms with Gasteiger partial charge in [-0.25, -0.2) is 4.79 Å². The number of hydrogen-bond acceptors (Lipinski definition) is 4. The van der Waals surface area contributed by atoms with E-state index in [1.54, 1.807) is 4.90 Å². The number of rotatable bonds is 1. The average molecular weight is 265 g/mol. The number of carbonyl (C=O) groups is 1. The number of ether oxygens (including phenoxy) is 1. The van der Waals surface area contributed by atoms with Crippen molar-refractivity contribution < 1.29 is 9.53 Å². The number of nitriles is 1. The number of carbonyl (C=O) groups excluding carboxylic acids is 1. The Balaban J connectivity index is 1.74. The number of nitrogens with zero attached hydrogens (tertiary/aromatic N) is 3. The second-order valence-corrected chi connectivity index (χ2v) is 6.48. The number of piperidine rings is 1. The molecule has 2 aliphatic rings. The first kappa shape index (κ1) is 14.1. The third-order valence-corrected chi connectivity index (χ3v) is 3.72. The highest BCUT2D eigenvalue weighted by molar-refractivity contribution is 5.68. The first-order valence-corrected chi connectivity index (χ1v) is 7.00. The van der Waals surface area contributed by atoms with Crippen LogP contribution in [0.25, 0.3) is 0 Å². The van der Waals surface area contributed by atoms with Crippen LogP contribution in [-0.4, -0.2) is 53.7 Å². The van der Waals surface area contributed by atoms with Gasteiger partial charge in [-0.15, -0.1) is 0 Å². The maximum atomic E-state index is 11.9. The van der Waals surface area contributed by atoms with E-state index in [0.29, 0.717) is 6.04 Å². The maximum absolute atomic E-state index is 11.9. The van der Waals surface area contributed by atoms with Gasteiger partial charge in [0.2, 0.25) is 0 Å². The molecule has 2 heterocycles. The number of likely N-dealkylation sites (tertiary alicyclic amines) is 2. The van der Waals surface area contributed by atoms with Crippen LogP contribution in [-0.2, 0) is 4.74 Å². The van der Waals surface area contributed by atoms with Gasteiger partial charge in [0.15, 0.2) is 0 Å². The van der Waals surface area contributed by atoms with E-state index in [1.807, 2.05) is 20.8 Å². The lowest BCUT2D eigenvalue weighted by molar-refractivity contribution is 0.00396. The van der Waals surface area contributed by atoms with Crippen LogP contribution in [0.3, 0.4) is 0 Å². The lowest BCUT2D eigenvalue weighted by atomic mass is 9.94. The smallest absolute Gasteiger partial charge is 0.410 e. The Morgan fingerprint density at radius 3 is 2.32 bits per heavy atom. The van der Waals surface area contributed by atoms with E-state index in [-0.39, 0.29) is 12.0 Å². The first-order chi connectivity index (χ1) is 8.89. The molecule has 1 amide bonds. The monoisotopic (exact) mass is 265 g/mol. The van der Waals surface area contributed by atoms with Crippen LogP contribution >= 0.6 is 0 Å². The molecule has 0 unspecified atom stereocenters. The molecule has 5 heteroatoms. The van der Waals surface area contributed by atoms with Gasteiger partial charge in [-0.05, 0) is 33.6 Å². The molecule has 2 saturated heterocycles. The summed E-state index contributed by atoms with van der Waals surface area (Å²) in [4.78, 5) is 16.1. The van der Waals surface area contributed by atoms with Gasteiger partial charge in [0, 0.05) is 32.2 Å². The van der Waals surface area contributed by atoms with Crippen LogP contribution in [0.15, 0.2) is 0 Å². The normalized spacial score (nSPS) is 22.7. The summed E-state index contributed by atoms with van der Waals surface area (Å²) in [5.41, 5.74) is -0.425. The molecule has 106 valence electrons. The van der Waals surface area contributed by atoms with E-state index in [9.17, 15) is 4.79 Å². The quantitative estimate of drug-likeness (QED) is 0.726. The van der Waals surface area contributed by atoms with Crippen molar-refractivity contribution in [2.24, 2.45) is 5.92 Å². The molecule has 2 fully saturated rings. The van der Waals surface area contributed by atoms with Crippen molar-refractivity contribution in [1.82, 2.24) is 9.80 Å². The molecule has 19 heavy (non-hydrogen) atoms. The van der Waals surface area contributed by atoms with Crippen LogP contribution in [0.5, 0.6) is 0 Å². The fourth-order valence-electron chi connectivity index (χ4n) is 2.63. The highest BCUT2D eigenvalue weighted by atomic mass is 16.6. The second-order valence-electron chi connectivity index (χ2n) is 6.48. The molecule has 0 N–H and O–H groups in total. The molecular weight excluding hydrogens is 242 g/mol. The predicted molar refractivity (Wildman–Crippen MR) is 71.5 cm³/mol. The average Bonchev–Trinajstić information content (AvgIpc) is 2.26. The molecule has 0 bridgehead atoms.